The molecule has 1 aromatic heterocycles. The van der Waals surface area contributed by atoms with Crippen molar-refractivity contribution < 1.29 is 19.1 Å². The van der Waals surface area contributed by atoms with Crippen LogP contribution in [-0.4, -0.2) is 24.3 Å². The third kappa shape index (κ3) is 5.28. The molecule has 0 saturated carbocycles. The summed E-state index contributed by atoms with van der Waals surface area (Å²) >= 11 is 7.50. The van der Waals surface area contributed by atoms with Crippen molar-refractivity contribution in [1.82, 2.24) is 0 Å². The number of benzene rings is 2. The average Bonchev–Trinajstić information content (AvgIpc) is 3.21. The molecule has 0 saturated heterocycles. The Bertz CT molecular complexity index is 987. The molecule has 3 rings (SSSR count). The lowest BCUT2D eigenvalue weighted by atomic mass is 10.0. The maximum atomic E-state index is 12.8. The average molecular weight is 414 g/mol. The van der Waals surface area contributed by atoms with Crippen molar-refractivity contribution in [3.63, 3.8) is 0 Å². The maximum Gasteiger partial charge on any atom is 0.310 e. The van der Waals surface area contributed by atoms with Gasteiger partial charge in [0.15, 0.2) is 12.4 Å². The van der Waals surface area contributed by atoms with Crippen LogP contribution in [0.1, 0.15) is 21.5 Å². The van der Waals surface area contributed by atoms with Gasteiger partial charge in [-0.25, -0.2) is 0 Å². The molecule has 1 amide bonds. The van der Waals surface area contributed by atoms with Crippen molar-refractivity contribution in [1.29, 1.82) is 0 Å². The molecule has 0 aliphatic carbocycles. The van der Waals surface area contributed by atoms with E-state index in [1.807, 2.05) is 22.9 Å². The van der Waals surface area contributed by atoms with Crippen molar-refractivity contribution >= 4 is 46.3 Å². The number of ketones is 1. The van der Waals surface area contributed by atoms with Gasteiger partial charge in [-0.05, 0) is 40.6 Å². The Morgan fingerprint density at radius 2 is 1.82 bits per heavy atom. The highest BCUT2D eigenvalue weighted by atomic mass is 35.5. The van der Waals surface area contributed by atoms with Gasteiger partial charge >= 0.3 is 5.97 Å². The fourth-order valence-electron chi connectivity index (χ4n) is 2.50. The lowest BCUT2D eigenvalue weighted by Crippen LogP contribution is -2.22. The van der Waals surface area contributed by atoms with E-state index in [4.69, 9.17) is 16.3 Å². The number of anilines is 1. The van der Waals surface area contributed by atoms with Crippen LogP contribution in [0.5, 0.6) is 0 Å². The molecule has 0 radical (unpaired) electrons. The lowest BCUT2D eigenvalue weighted by molar-refractivity contribution is -0.146. The summed E-state index contributed by atoms with van der Waals surface area (Å²) in [5, 5.41) is 6.69. The first-order valence-corrected chi connectivity index (χ1v) is 9.71. The number of amides is 1. The second-order valence-electron chi connectivity index (χ2n) is 5.90. The Balaban J connectivity index is 1.65. The molecule has 5 nitrogen and oxygen atoms in total. The van der Waals surface area contributed by atoms with Crippen LogP contribution in [0.25, 0.3) is 0 Å². The molecule has 2 aromatic carbocycles. The molecular formula is C21H16ClNO4S. The van der Waals surface area contributed by atoms with Gasteiger partial charge in [-0.3, -0.25) is 14.4 Å². The van der Waals surface area contributed by atoms with Crippen LogP contribution < -0.4 is 5.32 Å². The summed E-state index contributed by atoms with van der Waals surface area (Å²) in [7, 11) is 0. The molecule has 28 heavy (non-hydrogen) atoms. The number of rotatable bonds is 7. The normalized spacial score (nSPS) is 10.3. The monoisotopic (exact) mass is 413 g/mol. The van der Waals surface area contributed by atoms with Crippen LogP contribution in [0, 0.1) is 0 Å². The quantitative estimate of drug-likeness (QED) is 0.461. The van der Waals surface area contributed by atoms with E-state index >= 15 is 0 Å². The molecule has 3 aromatic rings. The highest BCUT2D eigenvalue weighted by Crippen LogP contribution is 2.23. The van der Waals surface area contributed by atoms with Crippen molar-refractivity contribution in [3.05, 3.63) is 87.1 Å². The van der Waals surface area contributed by atoms with E-state index in [9.17, 15) is 14.4 Å². The Labute approximate surface area is 170 Å². The van der Waals surface area contributed by atoms with Crippen LogP contribution in [0.15, 0.2) is 65.4 Å². The third-order valence-corrected chi connectivity index (χ3v) is 4.80. The van der Waals surface area contributed by atoms with Crippen LogP contribution >= 0.6 is 22.9 Å². The number of hydrogen-bond acceptors (Lipinski definition) is 5. The topological polar surface area (TPSA) is 72.5 Å². The number of carbonyl (C=O) groups is 3. The van der Waals surface area contributed by atoms with Crippen molar-refractivity contribution in [3.8, 4) is 0 Å². The van der Waals surface area contributed by atoms with Crippen LogP contribution in [-0.2, 0) is 20.7 Å². The van der Waals surface area contributed by atoms with E-state index in [0.717, 1.165) is 5.56 Å². The molecule has 142 valence electrons. The molecule has 0 fully saturated rings. The molecule has 7 heteroatoms. The second kappa shape index (κ2) is 9.30. The Morgan fingerprint density at radius 3 is 2.54 bits per heavy atom. The van der Waals surface area contributed by atoms with E-state index in [-0.39, 0.29) is 17.8 Å². The van der Waals surface area contributed by atoms with Gasteiger partial charge in [-0.1, -0.05) is 41.9 Å². The second-order valence-corrected chi connectivity index (χ2v) is 7.12. The smallest absolute Gasteiger partial charge is 0.310 e. The Kier molecular flexibility index (Phi) is 6.57. The third-order valence-electron chi connectivity index (χ3n) is 3.83. The summed E-state index contributed by atoms with van der Waals surface area (Å²) in [6, 6.07) is 15.1. The van der Waals surface area contributed by atoms with Crippen molar-refractivity contribution in [2.45, 2.75) is 6.42 Å². The zero-order chi connectivity index (χ0) is 19.9. The number of ether oxygens (including phenoxy) is 1. The molecule has 0 unspecified atom stereocenters. The highest BCUT2D eigenvalue weighted by Gasteiger charge is 2.17. The number of thiophene rings is 1. The molecule has 1 N–H and O–H groups in total. The predicted octanol–water partition coefficient (Wildman–Crippen LogP) is 4.36. The molecule has 0 aliphatic rings. The van der Waals surface area contributed by atoms with Gasteiger partial charge in [-0.15, -0.1) is 0 Å². The molecule has 0 bridgehead atoms. The van der Waals surface area contributed by atoms with E-state index in [2.05, 4.69) is 5.32 Å². The summed E-state index contributed by atoms with van der Waals surface area (Å²) in [5.41, 5.74) is 1.88. The number of halogens is 1. The molecule has 0 atom stereocenters. The Morgan fingerprint density at radius 1 is 1.04 bits per heavy atom. The number of nitrogens with one attached hydrogen (secondary N) is 1. The lowest BCUT2D eigenvalue weighted by Gasteiger charge is -2.11. The van der Waals surface area contributed by atoms with Crippen molar-refractivity contribution in [2.75, 3.05) is 11.9 Å². The SMILES string of the molecule is O=C(COC(=O)Cc1ccsc1)Nc1ccc(Cl)cc1C(=O)c1ccccc1. The first-order valence-electron chi connectivity index (χ1n) is 8.39. The first kappa shape index (κ1) is 19.8. The largest absolute Gasteiger partial charge is 0.455 e. The van der Waals surface area contributed by atoms with Gasteiger partial charge in [0, 0.05) is 16.1 Å². The molecule has 0 spiro atoms. The summed E-state index contributed by atoms with van der Waals surface area (Å²) in [6.07, 6.45) is 0.107. The molecule has 1 heterocycles. The minimum Gasteiger partial charge on any atom is -0.455 e. The highest BCUT2D eigenvalue weighted by molar-refractivity contribution is 7.08. The zero-order valence-electron chi connectivity index (χ0n) is 14.7. The summed E-state index contributed by atoms with van der Waals surface area (Å²) in [4.78, 5) is 36.7. The maximum absolute atomic E-state index is 12.8. The van der Waals surface area contributed by atoms with Gasteiger partial charge in [0.2, 0.25) is 0 Å². The van der Waals surface area contributed by atoms with Crippen LogP contribution in [0.2, 0.25) is 5.02 Å². The number of carbonyl (C=O) groups excluding carboxylic acids is 3. The van der Waals surface area contributed by atoms with Crippen LogP contribution in [0.4, 0.5) is 5.69 Å². The summed E-state index contributed by atoms with van der Waals surface area (Å²) < 4.78 is 5.00. The fourth-order valence-corrected chi connectivity index (χ4v) is 3.34. The summed E-state index contributed by atoms with van der Waals surface area (Å²) in [6.45, 7) is -0.440. The van der Waals surface area contributed by atoms with E-state index < -0.39 is 18.5 Å². The van der Waals surface area contributed by atoms with Gasteiger partial charge in [-0.2, -0.15) is 11.3 Å². The predicted molar refractivity (Wildman–Crippen MR) is 109 cm³/mol. The summed E-state index contributed by atoms with van der Waals surface area (Å²) in [5.74, 6) is -1.30. The number of hydrogen-bond donors (Lipinski definition) is 1. The van der Waals surface area contributed by atoms with Gasteiger partial charge in [0.1, 0.15) is 0 Å². The molecular weight excluding hydrogens is 398 g/mol. The zero-order valence-corrected chi connectivity index (χ0v) is 16.3. The van der Waals surface area contributed by atoms with Crippen LogP contribution in [0.3, 0.4) is 0 Å². The minimum atomic E-state index is -0.539. The van der Waals surface area contributed by atoms with E-state index in [1.54, 1.807) is 36.4 Å². The van der Waals surface area contributed by atoms with Crippen molar-refractivity contribution in [2.24, 2.45) is 0 Å². The van der Waals surface area contributed by atoms with E-state index in [0.29, 0.717) is 16.3 Å². The Hall–Kier alpha value is -2.96. The van der Waals surface area contributed by atoms with Gasteiger partial charge in [0.05, 0.1) is 12.1 Å². The first-order chi connectivity index (χ1) is 13.5. The number of esters is 1. The molecule has 0 aliphatic heterocycles. The fraction of sp³-hybridized carbons (Fsp3) is 0.0952. The van der Waals surface area contributed by atoms with Gasteiger partial charge < -0.3 is 10.1 Å². The standard InChI is InChI=1S/C21H16ClNO4S/c22-16-6-7-18(17(11-16)21(26)15-4-2-1-3-5-15)23-19(24)12-27-20(25)10-14-8-9-28-13-14/h1-9,11,13H,10,12H2,(H,23,24). The minimum absolute atomic E-state index is 0.107. The van der Waals surface area contributed by atoms with E-state index in [1.165, 1.54) is 17.4 Å². The van der Waals surface area contributed by atoms with Gasteiger partial charge in [0.25, 0.3) is 5.91 Å².